The zero-order chi connectivity index (χ0) is 21.1. The minimum Gasteiger partial charge on any atom is -0.447 e. The van der Waals surface area contributed by atoms with E-state index in [1.807, 2.05) is 54.0 Å². The Labute approximate surface area is 171 Å². The van der Waals surface area contributed by atoms with Crippen molar-refractivity contribution in [3.8, 4) is 11.1 Å². The molecule has 3 amide bonds. The molecule has 0 saturated carbocycles. The van der Waals surface area contributed by atoms with Gasteiger partial charge in [-0.3, -0.25) is 14.4 Å². The third-order valence-electron chi connectivity index (χ3n) is 4.89. The summed E-state index contributed by atoms with van der Waals surface area (Å²) < 4.78 is 5.24. The number of carbonyl (C=O) groups is 4. The highest BCUT2D eigenvalue weighted by atomic mass is 16.8. The van der Waals surface area contributed by atoms with E-state index in [1.54, 1.807) is 0 Å². The number of hydrogen-bond acceptors (Lipinski definition) is 7. The van der Waals surface area contributed by atoms with Crippen molar-refractivity contribution in [3.63, 3.8) is 0 Å². The van der Waals surface area contributed by atoms with E-state index in [2.05, 4.69) is 4.84 Å². The second kappa shape index (κ2) is 8.34. The molecule has 9 heteroatoms. The van der Waals surface area contributed by atoms with Gasteiger partial charge in [-0.1, -0.05) is 48.5 Å². The normalized spacial score (nSPS) is 15.0. The lowest BCUT2D eigenvalue weighted by Crippen LogP contribution is -2.35. The summed E-state index contributed by atoms with van der Waals surface area (Å²) in [5.41, 5.74) is 6.32. The lowest BCUT2D eigenvalue weighted by atomic mass is 9.98. The van der Waals surface area contributed by atoms with E-state index in [1.165, 1.54) is 0 Å². The van der Waals surface area contributed by atoms with Crippen molar-refractivity contribution in [1.29, 1.82) is 0 Å². The first-order valence-electron chi connectivity index (χ1n) is 9.34. The molecule has 1 N–H and O–H groups in total. The summed E-state index contributed by atoms with van der Waals surface area (Å²) in [4.78, 5) is 55.7. The molecule has 1 aliphatic carbocycles. The summed E-state index contributed by atoms with van der Waals surface area (Å²) in [5, 5.41) is 0.402. The minimum atomic E-state index is -1.00. The fourth-order valence-corrected chi connectivity index (χ4v) is 3.57. The maximum absolute atomic E-state index is 11.9. The van der Waals surface area contributed by atoms with E-state index >= 15 is 0 Å². The number of imide groups is 1. The van der Waals surface area contributed by atoms with E-state index in [9.17, 15) is 19.2 Å². The summed E-state index contributed by atoms with van der Waals surface area (Å²) in [5.74, 6) is -2.31. The number of benzene rings is 2. The van der Waals surface area contributed by atoms with E-state index < -0.39 is 30.5 Å². The highest BCUT2D eigenvalue weighted by Crippen LogP contribution is 2.44. The molecule has 0 aromatic heterocycles. The van der Waals surface area contributed by atoms with Crippen molar-refractivity contribution >= 4 is 23.9 Å². The van der Waals surface area contributed by atoms with Crippen LogP contribution in [0, 0.1) is 0 Å². The van der Waals surface area contributed by atoms with Gasteiger partial charge in [-0.05, 0) is 22.3 Å². The fraction of sp³-hybridized carbons (Fsp3) is 0.238. The molecule has 154 valence electrons. The highest BCUT2D eigenvalue weighted by Gasteiger charge is 2.33. The minimum absolute atomic E-state index is 0.00896. The number of hydroxylamine groups is 3. The summed E-state index contributed by atoms with van der Waals surface area (Å²) in [6.07, 6.45) is -0.895. The van der Waals surface area contributed by atoms with Gasteiger partial charge in [-0.15, -0.1) is 5.06 Å². The molecule has 30 heavy (non-hydrogen) atoms. The second-order valence-corrected chi connectivity index (χ2v) is 6.76. The second-order valence-electron chi connectivity index (χ2n) is 6.76. The number of amides is 3. The molecule has 1 fully saturated rings. The highest BCUT2D eigenvalue weighted by molar-refractivity contribution is 6.01. The number of ether oxygens (including phenoxy) is 1. The number of rotatable bonds is 6. The Morgan fingerprint density at radius 1 is 0.933 bits per heavy atom. The molecular weight excluding hydrogens is 392 g/mol. The maximum atomic E-state index is 11.9. The van der Waals surface area contributed by atoms with E-state index in [0.29, 0.717) is 5.06 Å². The molecule has 0 unspecified atom stereocenters. The Morgan fingerprint density at radius 2 is 1.50 bits per heavy atom. The van der Waals surface area contributed by atoms with Gasteiger partial charge in [0.1, 0.15) is 6.61 Å². The molecule has 2 aromatic rings. The molecule has 2 aliphatic rings. The van der Waals surface area contributed by atoms with Gasteiger partial charge in [0.25, 0.3) is 11.8 Å². The van der Waals surface area contributed by atoms with Crippen LogP contribution in [0.15, 0.2) is 48.5 Å². The molecule has 0 bridgehead atoms. The number of nitrogens with one attached hydrogen (secondary N) is 1. The third kappa shape index (κ3) is 3.87. The number of fused-ring (bicyclic) bond motifs is 3. The van der Waals surface area contributed by atoms with Crippen LogP contribution in [0.5, 0.6) is 0 Å². The van der Waals surface area contributed by atoms with Crippen LogP contribution in [0.3, 0.4) is 0 Å². The van der Waals surface area contributed by atoms with Crippen LogP contribution in [0.2, 0.25) is 0 Å². The van der Waals surface area contributed by atoms with Crippen LogP contribution in [-0.4, -0.2) is 42.2 Å². The van der Waals surface area contributed by atoms with Gasteiger partial charge in [-0.25, -0.2) is 9.59 Å². The summed E-state index contributed by atoms with van der Waals surface area (Å²) >= 11 is 0. The Bertz CT molecular complexity index is 958. The van der Waals surface area contributed by atoms with Crippen LogP contribution in [0.1, 0.15) is 29.9 Å². The molecule has 0 radical (unpaired) electrons. The average molecular weight is 410 g/mol. The van der Waals surface area contributed by atoms with E-state index in [-0.39, 0.29) is 25.4 Å². The first-order chi connectivity index (χ1) is 14.5. The van der Waals surface area contributed by atoms with Crippen molar-refractivity contribution in [2.24, 2.45) is 0 Å². The number of carbonyl (C=O) groups excluding carboxylic acids is 4. The fourth-order valence-electron chi connectivity index (χ4n) is 3.57. The summed E-state index contributed by atoms with van der Waals surface area (Å²) in [7, 11) is 0. The van der Waals surface area contributed by atoms with Crippen LogP contribution in [-0.2, 0) is 28.8 Å². The lowest BCUT2D eigenvalue weighted by molar-refractivity contribution is -0.201. The van der Waals surface area contributed by atoms with Crippen molar-refractivity contribution in [1.82, 2.24) is 10.5 Å². The van der Waals surface area contributed by atoms with Crippen LogP contribution >= 0.6 is 0 Å². The molecule has 1 saturated heterocycles. The lowest BCUT2D eigenvalue weighted by Gasteiger charge is -2.15. The molecule has 0 spiro atoms. The predicted molar refractivity (Wildman–Crippen MR) is 101 cm³/mol. The first-order valence-corrected chi connectivity index (χ1v) is 9.34. The summed E-state index contributed by atoms with van der Waals surface area (Å²) in [6, 6.07) is 15.8. The zero-order valence-electron chi connectivity index (χ0n) is 15.8. The van der Waals surface area contributed by atoms with Gasteiger partial charge in [0, 0.05) is 18.8 Å². The smallest absolute Gasteiger partial charge is 0.431 e. The first kappa shape index (κ1) is 19.6. The molecular formula is C21H18N2O7. The van der Waals surface area contributed by atoms with E-state index in [0.717, 1.165) is 22.3 Å². The monoisotopic (exact) mass is 410 g/mol. The van der Waals surface area contributed by atoms with Crippen LogP contribution < -0.4 is 5.48 Å². The quantitative estimate of drug-likeness (QED) is 0.573. The van der Waals surface area contributed by atoms with Gasteiger partial charge in [0.2, 0.25) is 0 Å². The van der Waals surface area contributed by atoms with Gasteiger partial charge in [0.05, 0.1) is 0 Å². The number of hydrogen-bond donors (Lipinski definition) is 1. The Hall–Kier alpha value is -3.72. The van der Waals surface area contributed by atoms with Gasteiger partial charge in [-0.2, -0.15) is 5.48 Å². The molecule has 0 atom stereocenters. The predicted octanol–water partition coefficient (Wildman–Crippen LogP) is 2.06. The zero-order valence-corrected chi connectivity index (χ0v) is 15.8. The average Bonchev–Trinajstić information content (AvgIpc) is 3.24. The van der Waals surface area contributed by atoms with Gasteiger partial charge < -0.3 is 9.57 Å². The van der Waals surface area contributed by atoms with Crippen LogP contribution in [0.4, 0.5) is 4.79 Å². The van der Waals surface area contributed by atoms with Crippen molar-refractivity contribution < 1.29 is 33.6 Å². The molecule has 4 rings (SSSR count). The largest absolute Gasteiger partial charge is 0.447 e. The Balaban J connectivity index is 1.26. The van der Waals surface area contributed by atoms with E-state index in [4.69, 9.17) is 9.57 Å². The molecule has 2 aromatic carbocycles. The Kier molecular flexibility index (Phi) is 5.44. The standard InChI is InChI=1S/C21H18N2O7/c24-18-9-10-19(25)23(18)30-20(26)12-29-22-21(27)28-11-17-15-7-3-1-5-13(15)14-6-2-4-8-16(14)17/h1-8,17H,9-12H2,(H,22,27). The van der Waals surface area contributed by atoms with Crippen LogP contribution in [0.25, 0.3) is 11.1 Å². The molecule has 9 nitrogen and oxygen atoms in total. The topological polar surface area (TPSA) is 111 Å². The van der Waals surface area contributed by atoms with Crippen molar-refractivity contribution in [2.45, 2.75) is 18.8 Å². The van der Waals surface area contributed by atoms with Gasteiger partial charge in [0.15, 0.2) is 6.61 Å². The third-order valence-corrected chi connectivity index (χ3v) is 4.89. The summed E-state index contributed by atoms with van der Waals surface area (Å²) in [6.45, 7) is -0.605. The van der Waals surface area contributed by atoms with Gasteiger partial charge >= 0.3 is 12.1 Å². The Morgan fingerprint density at radius 3 is 2.10 bits per heavy atom. The maximum Gasteiger partial charge on any atom is 0.431 e. The van der Waals surface area contributed by atoms with Crippen molar-refractivity contribution in [2.75, 3.05) is 13.2 Å². The van der Waals surface area contributed by atoms with Crippen molar-refractivity contribution in [3.05, 3.63) is 59.7 Å². The molecule has 1 aliphatic heterocycles. The SMILES string of the molecule is O=C(CONC(=O)OCC1c2ccccc2-c2ccccc21)ON1C(=O)CCC1=O. The number of nitrogens with zero attached hydrogens (tertiary/aromatic N) is 1. The molecule has 1 heterocycles.